The molecule has 2 aliphatic heterocycles. The number of hydrogen-bond donors (Lipinski definition) is 0. The van der Waals surface area contributed by atoms with Gasteiger partial charge in [0.1, 0.15) is 25.1 Å². The average Bonchev–Trinajstić information content (AvgIpc) is 3.11. The molecule has 2 aliphatic rings. The van der Waals surface area contributed by atoms with Crippen molar-refractivity contribution in [3.63, 3.8) is 0 Å². The Balaban J connectivity index is 1.63. The minimum Gasteiger partial charge on any atom is -0.486 e. The number of benzene rings is 1. The number of ether oxygens (including phenoxy) is 2. The molecule has 0 bridgehead atoms. The summed E-state index contributed by atoms with van der Waals surface area (Å²) in [5.74, 6) is 2.57. The zero-order chi connectivity index (χ0) is 15.6. The van der Waals surface area contributed by atoms with Crippen molar-refractivity contribution in [3.05, 3.63) is 47.7 Å². The maximum atomic E-state index is 8.91. The molecule has 0 aliphatic carbocycles. The fourth-order valence-electron chi connectivity index (χ4n) is 3.28. The van der Waals surface area contributed by atoms with Gasteiger partial charge in [0.15, 0.2) is 11.5 Å². The van der Waals surface area contributed by atoms with E-state index in [-0.39, 0.29) is 6.04 Å². The SMILES string of the molecule is N#Cc1ccc(N2CCCC2c2ccc3c(c2)OCCO3)nc1. The minimum absolute atomic E-state index is 0.284. The molecule has 1 aromatic heterocycles. The fourth-order valence-corrected chi connectivity index (χ4v) is 3.28. The number of rotatable bonds is 2. The number of nitriles is 1. The zero-order valence-corrected chi connectivity index (χ0v) is 12.7. The van der Waals surface area contributed by atoms with Crippen molar-refractivity contribution < 1.29 is 9.47 Å². The standard InChI is InChI=1S/C18H17N3O2/c19-11-13-3-6-18(20-12-13)21-7-1-2-15(21)14-4-5-16-17(10-14)23-9-8-22-16/h3-6,10,12,15H,1-2,7-9H2. The molecular formula is C18H17N3O2. The molecule has 116 valence electrons. The van der Waals surface area contributed by atoms with E-state index in [1.54, 1.807) is 6.20 Å². The number of anilines is 1. The number of nitrogens with zero attached hydrogens (tertiary/aromatic N) is 3. The Morgan fingerprint density at radius 1 is 1.13 bits per heavy atom. The summed E-state index contributed by atoms with van der Waals surface area (Å²) < 4.78 is 11.3. The summed E-state index contributed by atoms with van der Waals surface area (Å²) in [5.41, 5.74) is 1.81. The highest BCUT2D eigenvalue weighted by atomic mass is 16.6. The molecule has 0 N–H and O–H groups in total. The molecule has 1 fully saturated rings. The Morgan fingerprint density at radius 3 is 2.78 bits per heavy atom. The van der Waals surface area contributed by atoms with Gasteiger partial charge in [0.05, 0.1) is 11.6 Å². The maximum absolute atomic E-state index is 8.91. The quantitative estimate of drug-likeness (QED) is 0.853. The van der Waals surface area contributed by atoms with Crippen LogP contribution in [0.15, 0.2) is 36.5 Å². The van der Waals surface area contributed by atoms with Crippen molar-refractivity contribution in [3.8, 4) is 17.6 Å². The molecule has 3 heterocycles. The van der Waals surface area contributed by atoms with Crippen molar-refractivity contribution in [1.82, 2.24) is 4.98 Å². The smallest absolute Gasteiger partial charge is 0.161 e. The Bertz CT molecular complexity index is 752. The second-order valence-electron chi connectivity index (χ2n) is 5.77. The van der Waals surface area contributed by atoms with Gasteiger partial charge in [-0.15, -0.1) is 0 Å². The molecule has 0 spiro atoms. The van der Waals surface area contributed by atoms with Gasteiger partial charge in [-0.05, 0) is 42.7 Å². The Kier molecular flexibility index (Phi) is 3.51. The maximum Gasteiger partial charge on any atom is 0.161 e. The first-order chi connectivity index (χ1) is 11.3. The van der Waals surface area contributed by atoms with Crippen LogP contribution in [-0.2, 0) is 0 Å². The lowest BCUT2D eigenvalue weighted by Crippen LogP contribution is -2.24. The Hall–Kier alpha value is -2.74. The lowest BCUT2D eigenvalue weighted by molar-refractivity contribution is 0.171. The molecule has 1 saturated heterocycles. The van der Waals surface area contributed by atoms with Crippen molar-refractivity contribution >= 4 is 5.82 Å². The molecule has 23 heavy (non-hydrogen) atoms. The van der Waals surface area contributed by atoms with Gasteiger partial charge in [0, 0.05) is 12.7 Å². The van der Waals surface area contributed by atoms with Crippen LogP contribution in [0.25, 0.3) is 0 Å². The van der Waals surface area contributed by atoms with Crippen LogP contribution in [0, 0.1) is 11.3 Å². The van der Waals surface area contributed by atoms with E-state index in [2.05, 4.69) is 28.1 Å². The molecule has 0 saturated carbocycles. The van der Waals surface area contributed by atoms with Gasteiger partial charge in [-0.25, -0.2) is 4.98 Å². The van der Waals surface area contributed by atoms with Crippen LogP contribution in [0.1, 0.15) is 30.0 Å². The number of aromatic nitrogens is 1. The lowest BCUT2D eigenvalue weighted by atomic mass is 10.0. The number of fused-ring (bicyclic) bond motifs is 1. The summed E-state index contributed by atoms with van der Waals surface area (Å²) >= 11 is 0. The van der Waals surface area contributed by atoms with E-state index in [0.29, 0.717) is 18.8 Å². The Morgan fingerprint density at radius 2 is 2.00 bits per heavy atom. The van der Waals surface area contributed by atoms with E-state index in [1.807, 2.05) is 18.2 Å². The van der Waals surface area contributed by atoms with Crippen LogP contribution >= 0.6 is 0 Å². The third-order valence-electron chi connectivity index (χ3n) is 4.38. The van der Waals surface area contributed by atoms with E-state index >= 15 is 0 Å². The van der Waals surface area contributed by atoms with Gasteiger partial charge in [-0.2, -0.15) is 5.26 Å². The van der Waals surface area contributed by atoms with Gasteiger partial charge in [0.2, 0.25) is 0 Å². The van der Waals surface area contributed by atoms with E-state index in [9.17, 15) is 0 Å². The summed E-state index contributed by atoms with van der Waals surface area (Å²) in [6.45, 7) is 2.18. The molecule has 1 unspecified atom stereocenters. The minimum atomic E-state index is 0.284. The van der Waals surface area contributed by atoms with Crippen LogP contribution in [0.5, 0.6) is 11.5 Å². The van der Waals surface area contributed by atoms with Crippen LogP contribution < -0.4 is 14.4 Å². The molecule has 5 nitrogen and oxygen atoms in total. The van der Waals surface area contributed by atoms with Crippen molar-refractivity contribution in [2.75, 3.05) is 24.7 Å². The predicted molar refractivity (Wildman–Crippen MR) is 85.7 cm³/mol. The molecule has 2 aromatic rings. The van der Waals surface area contributed by atoms with Crippen LogP contribution in [0.4, 0.5) is 5.82 Å². The van der Waals surface area contributed by atoms with Gasteiger partial charge >= 0.3 is 0 Å². The molecular weight excluding hydrogens is 290 g/mol. The Labute approximate surface area is 135 Å². The topological polar surface area (TPSA) is 58.4 Å². The highest BCUT2D eigenvalue weighted by Gasteiger charge is 2.28. The summed E-state index contributed by atoms with van der Waals surface area (Å²) in [6, 6.07) is 12.3. The molecule has 0 amide bonds. The van der Waals surface area contributed by atoms with Gasteiger partial charge < -0.3 is 14.4 Å². The van der Waals surface area contributed by atoms with E-state index in [1.165, 1.54) is 5.56 Å². The van der Waals surface area contributed by atoms with Crippen LogP contribution in [0.2, 0.25) is 0 Å². The van der Waals surface area contributed by atoms with Crippen molar-refractivity contribution in [1.29, 1.82) is 5.26 Å². The predicted octanol–water partition coefficient (Wildman–Crippen LogP) is 3.07. The summed E-state index contributed by atoms with van der Waals surface area (Å²) in [4.78, 5) is 6.74. The van der Waals surface area contributed by atoms with E-state index < -0.39 is 0 Å². The highest BCUT2D eigenvalue weighted by Crippen LogP contribution is 2.39. The third kappa shape index (κ3) is 2.57. The highest BCUT2D eigenvalue weighted by molar-refractivity contribution is 5.50. The van der Waals surface area contributed by atoms with E-state index in [4.69, 9.17) is 14.7 Å². The lowest BCUT2D eigenvalue weighted by Gasteiger charge is -2.27. The average molecular weight is 307 g/mol. The molecule has 1 atom stereocenters. The van der Waals surface area contributed by atoms with Crippen molar-refractivity contribution in [2.24, 2.45) is 0 Å². The number of pyridine rings is 1. The second kappa shape index (κ2) is 5.81. The third-order valence-corrected chi connectivity index (χ3v) is 4.38. The molecule has 5 heteroatoms. The van der Waals surface area contributed by atoms with Crippen LogP contribution in [0.3, 0.4) is 0 Å². The summed E-state index contributed by atoms with van der Waals surface area (Å²) in [6.07, 6.45) is 3.84. The van der Waals surface area contributed by atoms with Gasteiger partial charge in [-0.1, -0.05) is 6.07 Å². The van der Waals surface area contributed by atoms with E-state index in [0.717, 1.165) is 36.7 Å². The van der Waals surface area contributed by atoms with Crippen LogP contribution in [-0.4, -0.2) is 24.7 Å². The molecule has 0 radical (unpaired) electrons. The zero-order valence-electron chi connectivity index (χ0n) is 12.7. The van der Waals surface area contributed by atoms with Gasteiger partial charge in [0.25, 0.3) is 0 Å². The monoisotopic (exact) mass is 307 g/mol. The van der Waals surface area contributed by atoms with Crippen molar-refractivity contribution in [2.45, 2.75) is 18.9 Å². The second-order valence-corrected chi connectivity index (χ2v) is 5.77. The first-order valence-electron chi connectivity index (χ1n) is 7.87. The number of hydrogen-bond acceptors (Lipinski definition) is 5. The fraction of sp³-hybridized carbons (Fsp3) is 0.333. The summed E-state index contributed by atoms with van der Waals surface area (Å²) in [7, 11) is 0. The molecule has 4 rings (SSSR count). The first-order valence-corrected chi connectivity index (χ1v) is 7.87. The summed E-state index contributed by atoms with van der Waals surface area (Å²) in [5, 5.41) is 8.91. The largest absolute Gasteiger partial charge is 0.486 e. The normalized spacial score (nSPS) is 19.4. The van der Waals surface area contributed by atoms with Gasteiger partial charge in [-0.3, -0.25) is 0 Å². The molecule has 1 aromatic carbocycles. The first kappa shape index (κ1) is 13.9.